The molecule has 6 rings (SSSR count). The van der Waals surface area contributed by atoms with Crippen molar-refractivity contribution in [3.8, 4) is 23.1 Å². The maximum Gasteiger partial charge on any atom is 0.416 e. The van der Waals surface area contributed by atoms with E-state index in [0.717, 1.165) is 29.1 Å². The minimum absolute atomic E-state index is 0.396. The van der Waals surface area contributed by atoms with Gasteiger partial charge in [-0.05, 0) is 42.3 Å². The van der Waals surface area contributed by atoms with Crippen LogP contribution in [0.1, 0.15) is 34.3 Å². The number of aryl methyl sites for hydroxylation is 1. The smallest absolute Gasteiger partial charge is 0.416 e. The molecule has 1 aliphatic heterocycles. The van der Waals surface area contributed by atoms with Crippen LogP contribution in [-0.4, -0.2) is 47.9 Å². The van der Waals surface area contributed by atoms with Crippen molar-refractivity contribution in [2.75, 3.05) is 13.7 Å². The minimum atomic E-state index is -4.41. The van der Waals surface area contributed by atoms with Gasteiger partial charge in [-0.25, -0.2) is 19.6 Å². The van der Waals surface area contributed by atoms with Crippen LogP contribution in [0.5, 0.6) is 5.88 Å². The van der Waals surface area contributed by atoms with E-state index in [4.69, 9.17) is 14.8 Å². The molecule has 0 unspecified atom stereocenters. The van der Waals surface area contributed by atoms with E-state index in [1.54, 1.807) is 13.4 Å². The molecule has 3 aromatic heterocycles. The Bertz CT molecular complexity index is 1630. The van der Waals surface area contributed by atoms with Gasteiger partial charge in [-0.1, -0.05) is 42.5 Å². The van der Waals surface area contributed by atoms with E-state index in [0.29, 0.717) is 48.4 Å². The zero-order valence-corrected chi connectivity index (χ0v) is 21.9. The molecule has 0 saturated carbocycles. The summed E-state index contributed by atoms with van der Waals surface area (Å²) in [5, 5.41) is 4.74. The molecule has 0 bridgehead atoms. The molecule has 1 aliphatic rings. The van der Waals surface area contributed by atoms with Crippen molar-refractivity contribution < 1.29 is 17.9 Å². The first kappa shape index (κ1) is 25.8. The predicted molar refractivity (Wildman–Crippen MR) is 142 cm³/mol. The molecule has 0 aliphatic carbocycles. The van der Waals surface area contributed by atoms with Crippen LogP contribution in [0.25, 0.3) is 17.2 Å². The number of fused-ring (bicyclic) bond motifs is 1. The lowest BCUT2D eigenvalue weighted by molar-refractivity contribution is -0.137. The third kappa shape index (κ3) is 4.95. The zero-order valence-electron chi connectivity index (χ0n) is 21.9. The first-order valence-electron chi connectivity index (χ1n) is 12.8. The number of nitrogens with zero attached hydrogens (tertiary/aromatic N) is 7. The Balaban J connectivity index is 1.39. The van der Waals surface area contributed by atoms with E-state index in [1.807, 2.05) is 64.8 Å². The van der Waals surface area contributed by atoms with Crippen LogP contribution in [0.4, 0.5) is 13.2 Å². The lowest BCUT2D eigenvalue weighted by atomic mass is 10.00. The van der Waals surface area contributed by atoms with Crippen LogP contribution in [0.3, 0.4) is 0 Å². The summed E-state index contributed by atoms with van der Waals surface area (Å²) in [6.07, 6.45) is -0.838. The van der Waals surface area contributed by atoms with Gasteiger partial charge in [-0.3, -0.25) is 4.90 Å². The maximum absolute atomic E-state index is 13.3. The molecule has 8 nitrogen and oxygen atoms in total. The summed E-state index contributed by atoms with van der Waals surface area (Å²) in [5.74, 6) is 1.46. The Kier molecular flexibility index (Phi) is 6.59. The summed E-state index contributed by atoms with van der Waals surface area (Å²) in [4.78, 5) is 16.0. The summed E-state index contributed by atoms with van der Waals surface area (Å²) >= 11 is 0. The van der Waals surface area contributed by atoms with E-state index in [1.165, 1.54) is 12.1 Å². The van der Waals surface area contributed by atoms with E-state index in [9.17, 15) is 13.2 Å². The number of rotatable bonds is 6. The molecule has 4 heterocycles. The highest BCUT2D eigenvalue weighted by Crippen LogP contribution is 2.36. The van der Waals surface area contributed by atoms with Gasteiger partial charge in [0.2, 0.25) is 5.88 Å². The molecule has 0 amide bonds. The number of hydrogen-bond donors (Lipinski definition) is 0. The second-order valence-electron chi connectivity index (χ2n) is 9.64. The number of benzene rings is 2. The first-order chi connectivity index (χ1) is 19.3. The van der Waals surface area contributed by atoms with Crippen LogP contribution in [0, 0.1) is 6.92 Å². The van der Waals surface area contributed by atoms with Crippen LogP contribution < -0.4 is 4.74 Å². The van der Waals surface area contributed by atoms with E-state index in [-0.39, 0.29) is 0 Å². The number of imidazole rings is 1. The van der Waals surface area contributed by atoms with Crippen molar-refractivity contribution in [3.05, 3.63) is 107 Å². The summed E-state index contributed by atoms with van der Waals surface area (Å²) in [5.41, 5.74) is 3.24. The summed E-state index contributed by atoms with van der Waals surface area (Å²) in [6, 6.07) is 18.6. The summed E-state index contributed by atoms with van der Waals surface area (Å²) in [7, 11) is 1.55. The van der Waals surface area contributed by atoms with E-state index < -0.39 is 17.8 Å². The Morgan fingerprint density at radius 2 is 1.73 bits per heavy atom. The highest BCUT2D eigenvalue weighted by Gasteiger charge is 2.34. The molecule has 1 atom stereocenters. The molecular formula is C29H26F3N7O. The SMILES string of the molecule is COc1nc(-c2nc3n(n2)CCN(Cc2ccccc2)[C@H]3c2ccc(C(F)(F)F)cc2)ccc1-n1cnc(C)c1. The van der Waals surface area contributed by atoms with Gasteiger partial charge in [0.25, 0.3) is 0 Å². The average Bonchev–Trinajstić information content (AvgIpc) is 3.59. The molecule has 0 N–H and O–H groups in total. The van der Waals surface area contributed by atoms with Crippen molar-refractivity contribution in [2.45, 2.75) is 32.2 Å². The van der Waals surface area contributed by atoms with Crippen molar-refractivity contribution in [2.24, 2.45) is 0 Å². The van der Waals surface area contributed by atoms with Crippen LogP contribution >= 0.6 is 0 Å². The van der Waals surface area contributed by atoms with Gasteiger partial charge in [-0.2, -0.15) is 13.2 Å². The number of halogens is 3. The van der Waals surface area contributed by atoms with Crippen LogP contribution in [-0.2, 0) is 19.3 Å². The molecular weight excluding hydrogens is 519 g/mol. The standard InChI is InChI=1S/C29H26F3N7O/c1-19-16-38(18-33-19)24-13-12-23(34-28(24)40-2)26-35-27-25(21-8-10-22(11-9-21)29(30,31)32)37(14-15-39(27)36-26)17-20-6-4-3-5-7-20/h3-13,16,18,25H,14-15,17H2,1-2H3/t25-/m0/s1. The Morgan fingerprint density at radius 1 is 0.950 bits per heavy atom. The quantitative estimate of drug-likeness (QED) is 0.282. The third-order valence-electron chi connectivity index (χ3n) is 6.94. The maximum atomic E-state index is 13.3. The number of pyridine rings is 1. The van der Waals surface area contributed by atoms with Gasteiger partial charge >= 0.3 is 6.18 Å². The first-order valence-corrected chi connectivity index (χ1v) is 12.8. The fraction of sp³-hybridized carbons (Fsp3) is 0.241. The zero-order chi connectivity index (χ0) is 27.9. The molecule has 11 heteroatoms. The fourth-order valence-corrected chi connectivity index (χ4v) is 5.00. The number of methoxy groups -OCH3 is 1. The molecule has 5 aromatic rings. The molecule has 0 saturated heterocycles. The predicted octanol–water partition coefficient (Wildman–Crippen LogP) is 5.47. The van der Waals surface area contributed by atoms with Crippen molar-refractivity contribution in [1.82, 2.24) is 34.2 Å². The largest absolute Gasteiger partial charge is 0.479 e. The molecule has 0 spiro atoms. The fourth-order valence-electron chi connectivity index (χ4n) is 5.00. The third-order valence-corrected chi connectivity index (χ3v) is 6.94. The van der Waals surface area contributed by atoms with Crippen molar-refractivity contribution in [1.29, 1.82) is 0 Å². The highest BCUT2D eigenvalue weighted by molar-refractivity contribution is 5.55. The number of ether oxygens (including phenoxy) is 1. The lowest BCUT2D eigenvalue weighted by Gasteiger charge is -2.35. The van der Waals surface area contributed by atoms with Gasteiger partial charge in [0.1, 0.15) is 17.2 Å². The van der Waals surface area contributed by atoms with Gasteiger partial charge < -0.3 is 9.30 Å². The monoisotopic (exact) mass is 545 g/mol. The molecule has 2 aromatic carbocycles. The molecule has 204 valence electrons. The Hall–Kier alpha value is -4.51. The van der Waals surface area contributed by atoms with Gasteiger partial charge in [0, 0.05) is 19.3 Å². The number of alkyl halides is 3. The van der Waals surface area contributed by atoms with Crippen molar-refractivity contribution >= 4 is 0 Å². The Labute approximate surface area is 228 Å². The average molecular weight is 546 g/mol. The van der Waals surface area contributed by atoms with Gasteiger partial charge in [0.15, 0.2) is 5.82 Å². The van der Waals surface area contributed by atoms with E-state index >= 15 is 0 Å². The topological polar surface area (TPSA) is 73.9 Å². The second kappa shape index (κ2) is 10.2. The van der Waals surface area contributed by atoms with Crippen LogP contribution in [0.15, 0.2) is 79.3 Å². The minimum Gasteiger partial charge on any atom is -0.479 e. The van der Waals surface area contributed by atoms with Crippen molar-refractivity contribution in [3.63, 3.8) is 0 Å². The summed E-state index contributed by atoms with van der Waals surface area (Å²) < 4.78 is 49.1. The van der Waals surface area contributed by atoms with Gasteiger partial charge in [-0.15, -0.1) is 5.10 Å². The molecule has 0 radical (unpaired) electrons. The van der Waals surface area contributed by atoms with E-state index in [2.05, 4.69) is 14.9 Å². The van der Waals surface area contributed by atoms with Gasteiger partial charge in [0.05, 0.1) is 37.3 Å². The van der Waals surface area contributed by atoms with Crippen LogP contribution in [0.2, 0.25) is 0 Å². The normalized spacial score (nSPS) is 15.7. The number of hydrogen-bond acceptors (Lipinski definition) is 6. The molecule has 0 fully saturated rings. The highest BCUT2D eigenvalue weighted by atomic mass is 19.4. The lowest BCUT2D eigenvalue weighted by Crippen LogP contribution is -2.39. The Morgan fingerprint density at radius 3 is 2.40 bits per heavy atom. The molecule has 40 heavy (non-hydrogen) atoms. The number of aromatic nitrogens is 6. The summed E-state index contributed by atoms with van der Waals surface area (Å²) in [6.45, 7) is 3.74. The second-order valence-corrected chi connectivity index (χ2v) is 9.64.